The highest BCUT2D eigenvalue weighted by Crippen LogP contribution is 2.38. The van der Waals surface area contributed by atoms with Crippen LogP contribution in [0.4, 0.5) is 5.69 Å². The van der Waals surface area contributed by atoms with Gasteiger partial charge in [-0.2, -0.15) is 0 Å². The molecule has 0 spiro atoms. The van der Waals surface area contributed by atoms with Crippen molar-refractivity contribution >= 4 is 5.69 Å². The van der Waals surface area contributed by atoms with Crippen LogP contribution in [0.1, 0.15) is 69.2 Å². The summed E-state index contributed by atoms with van der Waals surface area (Å²) in [6, 6.07) is 27.7. The summed E-state index contributed by atoms with van der Waals surface area (Å²) in [5.41, 5.74) is 6.30. The number of nitrogens with zero attached hydrogens (tertiary/aromatic N) is 1. The van der Waals surface area contributed by atoms with Gasteiger partial charge in [0.05, 0.1) is 0 Å². The van der Waals surface area contributed by atoms with E-state index in [4.69, 9.17) is 0 Å². The Morgan fingerprint density at radius 1 is 0.419 bits per heavy atom. The van der Waals surface area contributed by atoms with Crippen LogP contribution >= 0.6 is 0 Å². The average Bonchev–Trinajstić information content (AvgIpc) is 2.90. The minimum Gasteiger partial charge on any atom is -0.377 e. The first-order chi connectivity index (χ1) is 15.3. The van der Waals surface area contributed by atoms with Crippen LogP contribution in [0.5, 0.6) is 0 Å². The molecule has 3 aromatic rings. The fraction of sp³-hybridized carbons (Fsp3) is 0.400. The van der Waals surface area contributed by atoms with Crippen LogP contribution in [0.3, 0.4) is 0 Å². The fourth-order valence-corrected chi connectivity index (χ4v) is 2.68. The maximum absolute atomic E-state index is 2.20. The Balaban J connectivity index is -0.000000692. The van der Waals surface area contributed by atoms with Crippen LogP contribution in [0.2, 0.25) is 0 Å². The minimum atomic E-state index is 1.24. The quantitative estimate of drug-likeness (QED) is 0.405. The van der Waals surface area contributed by atoms with E-state index in [1.54, 1.807) is 0 Å². The third-order valence-electron chi connectivity index (χ3n) is 3.67. The Hall–Kier alpha value is -2.54. The van der Waals surface area contributed by atoms with Crippen molar-refractivity contribution in [2.24, 2.45) is 0 Å². The molecular formula is C30H49N. The second kappa shape index (κ2) is 23.7. The number of hydrogen-bond donors (Lipinski definition) is 0. The summed E-state index contributed by atoms with van der Waals surface area (Å²) in [7, 11) is 4.19. The molecular weight excluding hydrogens is 374 g/mol. The molecule has 0 bridgehead atoms. The van der Waals surface area contributed by atoms with E-state index in [0.29, 0.717) is 0 Å². The Bertz CT molecular complexity index is 716. The Kier molecular flexibility index (Phi) is 25.3. The molecule has 0 radical (unpaired) electrons. The normalized spacial score (nSPS) is 8.00. The van der Waals surface area contributed by atoms with Gasteiger partial charge in [0.1, 0.15) is 0 Å². The summed E-state index contributed by atoms with van der Waals surface area (Å²) in [5, 5.41) is 0. The fourth-order valence-electron chi connectivity index (χ4n) is 2.68. The first-order valence-electron chi connectivity index (χ1n) is 12.2. The van der Waals surface area contributed by atoms with E-state index in [1.165, 1.54) is 27.9 Å². The lowest BCUT2D eigenvalue weighted by Gasteiger charge is -2.21. The monoisotopic (exact) mass is 423 g/mol. The first kappa shape index (κ1) is 33.1. The minimum absolute atomic E-state index is 1.24. The standard InChI is InChI=1S/C20H19N.5C2H6/c1-21(2)19-15-9-14-18(16-10-5-3-6-11-16)20(19)17-12-7-4-8-13-17;5*1-2/h3-15H,1-2H3;5*1-2H3. The van der Waals surface area contributed by atoms with Crippen molar-refractivity contribution in [3.05, 3.63) is 78.9 Å². The van der Waals surface area contributed by atoms with Crippen molar-refractivity contribution in [1.29, 1.82) is 0 Å². The van der Waals surface area contributed by atoms with Gasteiger partial charge in [-0.15, -0.1) is 0 Å². The molecule has 3 aromatic carbocycles. The summed E-state index contributed by atoms with van der Waals surface area (Å²) in [5.74, 6) is 0. The number of anilines is 1. The van der Waals surface area contributed by atoms with Gasteiger partial charge in [-0.05, 0) is 22.8 Å². The van der Waals surface area contributed by atoms with Gasteiger partial charge in [-0.25, -0.2) is 0 Å². The van der Waals surface area contributed by atoms with Gasteiger partial charge >= 0.3 is 0 Å². The number of rotatable bonds is 3. The van der Waals surface area contributed by atoms with E-state index in [-0.39, 0.29) is 0 Å². The summed E-state index contributed by atoms with van der Waals surface area (Å²) >= 11 is 0. The third-order valence-corrected chi connectivity index (χ3v) is 3.67. The third kappa shape index (κ3) is 11.4. The van der Waals surface area contributed by atoms with Crippen LogP contribution in [-0.4, -0.2) is 14.1 Å². The highest BCUT2D eigenvalue weighted by atomic mass is 15.1. The molecule has 0 aliphatic carbocycles. The molecule has 0 fully saturated rings. The Labute approximate surface area is 195 Å². The van der Waals surface area contributed by atoms with Crippen molar-refractivity contribution in [3.8, 4) is 22.3 Å². The zero-order valence-corrected chi connectivity index (χ0v) is 22.5. The molecule has 0 aliphatic heterocycles. The van der Waals surface area contributed by atoms with Crippen LogP contribution < -0.4 is 4.90 Å². The van der Waals surface area contributed by atoms with Crippen molar-refractivity contribution in [2.75, 3.05) is 19.0 Å². The second-order valence-electron chi connectivity index (χ2n) is 5.33. The molecule has 1 nitrogen and oxygen atoms in total. The SMILES string of the molecule is CC.CC.CC.CC.CC.CN(C)c1cccc(-c2ccccc2)c1-c1ccccc1. The molecule has 0 saturated carbocycles. The van der Waals surface area contributed by atoms with E-state index >= 15 is 0 Å². The predicted molar refractivity (Wildman–Crippen MR) is 148 cm³/mol. The van der Waals surface area contributed by atoms with E-state index in [2.05, 4.69) is 97.9 Å². The van der Waals surface area contributed by atoms with E-state index in [1.807, 2.05) is 69.2 Å². The number of hydrogen-bond acceptors (Lipinski definition) is 1. The van der Waals surface area contributed by atoms with Crippen LogP contribution in [0, 0.1) is 0 Å². The molecule has 0 aliphatic rings. The molecule has 0 unspecified atom stereocenters. The second-order valence-corrected chi connectivity index (χ2v) is 5.33. The lowest BCUT2D eigenvalue weighted by Crippen LogP contribution is -2.10. The summed E-state index contributed by atoms with van der Waals surface area (Å²) < 4.78 is 0. The number of benzene rings is 3. The largest absolute Gasteiger partial charge is 0.377 e. The molecule has 0 aromatic heterocycles. The van der Waals surface area contributed by atoms with Gasteiger partial charge in [-0.3, -0.25) is 0 Å². The molecule has 0 atom stereocenters. The molecule has 0 amide bonds. The molecule has 0 saturated heterocycles. The Morgan fingerprint density at radius 2 is 0.806 bits per heavy atom. The lowest BCUT2D eigenvalue weighted by molar-refractivity contribution is 1.13. The van der Waals surface area contributed by atoms with Crippen molar-refractivity contribution in [3.63, 3.8) is 0 Å². The summed E-state index contributed by atoms with van der Waals surface area (Å²) in [6.45, 7) is 20.0. The van der Waals surface area contributed by atoms with Crippen LogP contribution in [0.15, 0.2) is 78.9 Å². The van der Waals surface area contributed by atoms with Crippen molar-refractivity contribution in [1.82, 2.24) is 0 Å². The predicted octanol–water partition coefficient (Wildman–Crippen LogP) is 10.2. The molecule has 0 heterocycles. The summed E-state index contributed by atoms with van der Waals surface area (Å²) in [4.78, 5) is 2.18. The van der Waals surface area contributed by atoms with Gasteiger partial charge in [0.15, 0.2) is 0 Å². The van der Waals surface area contributed by atoms with Gasteiger partial charge in [0.25, 0.3) is 0 Å². The molecule has 174 valence electrons. The lowest BCUT2D eigenvalue weighted by atomic mass is 9.93. The smallest absolute Gasteiger partial charge is 0.0447 e. The molecule has 1 heteroatoms. The van der Waals surface area contributed by atoms with Crippen molar-refractivity contribution < 1.29 is 0 Å². The van der Waals surface area contributed by atoms with Gasteiger partial charge < -0.3 is 4.90 Å². The maximum atomic E-state index is 2.20. The van der Waals surface area contributed by atoms with Crippen molar-refractivity contribution in [2.45, 2.75) is 69.2 Å². The Morgan fingerprint density at radius 3 is 1.19 bits per heavy atom. The highest BCUT2D eigenvalue weighted by Gasteiger charge is 2.13. The van der Waals surface area contributed by atoms with Gasteiger partial charge in [-0.1, -0.05) is 142 Å². The summed E-state index contributed by atoms with van der Waals surface area (Å²) in [6.07, 6.45) is 0. The topological polar surface area (TPSA) is 3.24 Å². The molecule has 0 N–H and O–H groups in total. The van der Waals surface area contributed by atoms with Gasteiger partial charge in [0, 0.05) is 25.3 Å². The maximum Gasteiger partial charge on any atom is 0.0447 e. The van der Waals surface area contributed by atoms with E-state index in [0.717, 1.165) is 0 Å². The highest BCUT2D eigenvalue weighted by molar-refractivity contribution is 5.92. The van der Waals surface area contributed by atoms with Crippen LogP contribution in [-0.2, 0) is 0 Å². The zero-order chi connectivity index (χ0) is 24.7. The van der Waals surface area contributed by atoms with Gasteiger partial charge in [0.2, 0.25) is 0 Å². The zero-order valence-electron chi connectivity index (χ0n) is 22.5. The first-order valence-corrected chi connectivity index (χ1v) is 12.2. The van der Waals surface area contributed by atoms with E-state index < -0.39 is 0 Å². The van der Waals surface area contributed by atoms with Crippen LogP contribution in [0.25, 0.3) is 22.3 Å². The average molecular weight is 424 g/mol. The molecule has 31 heavy (non-hydrogen) atoms. The molecule has 3 rings (SSSR count). The van der Waals surface area contributed by atoms with E-state index in [9.17, 15) is 0 Å².